The maximum Gasteiger partial charge on any atom is 0.320 e. The number of nitrogens with zero attached hydrogens (tertiary/aromatic N) is 4. The second-order valence-electron chi connectivity index (χ2n) is 4.54. The zero-order valence-electron chi connectivity index (χ0n) is 11.2. The highest BCUT2D eigenvalue weighted by atomic mass is 32.1. The average Bonchev–Trinajstić information content (AvgIpc) is 3.00. The molecule has 0 saturated carbocycles. The summed E-state index contributed by atoms with van der Waals surface area (Å²) in [5, 5.41) is 19.8. The molecule has 2 aromatic heterocycles. The van der Waals surface area contributed by atoms with Gasteiger partial charge in [0.15, 0.2) is 0 Å². The van der Waals surface area contributed by atoms with Crippen molar-refractivity contribution in [1.29, 1.82) is 0 Å². The standard InChI is InChI=1S/C12H17N5O2S/c1-2-3-11-14-9(7-20-11)6-17-5-8(15-16-17)4-10(13)12(18)19/h5,7,10H,2-4,6,13H2,1H3,(H,18,19). The van der Waals surface area contributed by atoms with Crippen LogP contribution in [0.2, 0.25) is 0 Å². The highest BCUT2D eigenvalue weighted by molar-refractivity contribution is 7.09. The van der Waals surface area contributed by atoms with Crippen molar-refractivity contribution in [3.8, 4) is 0 Å². The molecule has 0 aliphatic heterocycles. The molecule has 0 aliphatic rings. The lowest BCUT2D eigenvalue weighted by molar-refractivity contribution is -0.138. The third-order valence-electron chi connectivity index (χ3n) is 2.72. The molecular formula is C12H17N5O2S. The number of hydrogen-bond donors (Lipinski definition) is 2. The van der Waals surface area contributed by atoms with Crippen LogP contribution in [0, 0.1) is 0 Å². The number of aromatic nitrogens is 4. The Bertz CT molecular complexity index is 580. The Kier molecular flexibility index (Phi) is 4.80. The molecule has 3 N–H and O–H groups in total. The topological polar surface area (TPSA) is 107 Å². The van der Waals surface area contributed by atoms with Gasteiger partial charge in [-0.05, 0) is 12.8 Å². The highest BCUT2D eigenvalue weighted by Gasteiger charge is 2.14. The lowest BCUT2D eigenvalue weighted by Crippen LogP contribution is -2.32. The molecule has 8 heteroatoms. The fraction of sp³-hybridized carbons (Fsp3) is 0.500. The maximum absolute atomic E-state index is 10.7. The molecule has 7 nitrogen and oxygen atoms in total. The minimum absolute atomic E-state index is 0.174. The van der Waals surface area contributed by atoms with Crippen molar-refractivity contribution in [3.05, 3.63) is 28.0 Å². The summed E-state index contributed by atoms with van der Waals surface area (Å²) in [7, 11) is 0. The molecule has 0 aliphatic carbocycles. The van der Waals surface area contributed by atoms with Crippen molar-refractivity contribution >= 4 is 17.3 Å². The molecule has 0 spiro atoms. The van der Waals surface area contributed by atoms with E-state index in [1.807, 2.05) is 5.38 Å². The molecule has 0 amide bonds. The fourth-order valence-electron chi connectivity index (χ4n) is 1.74. The summed E-state index contributed by atoms with van der Waals surface area (Å²) in [6.07, 6.45) is 3.95. The van der Waals surface area contributed by atoms with Crippen LogP contribution < -0.4 is 5.73 Å². The van der Waals surface area contributed by atoms with Gasteiger partial charge in [0.1, 0.15) is 6.04 Å². The van der Waals surface area contributed by atoms with E-state index in [1.54, 1.807) is 22.2 Å². The van der Waals surface area contributed by atoms with Gasteiger partial charge in [0.05, 0.1) is 22.9 Å². The molecule has 2 aromatic rings. The van der Waals surface area contributed by atoms with Crippen LogP contribution in [0.4, 0.5) is 0 Å². The number of carboxylic acid groups (broad SMARTS) is 1. The Labute approximate surface area is 120 Å². The molecule has 0 radical (unpaired) electrons. The largest absolute Gasteiger partial charge is 0.480 e. The van der Waals surface area contributed by atoms with Gasteiger partial charge in [0, 0.05) is 18.0 Å². The van der Waals surface area contributed by atoms with Crippen LogP contribution in [-0.2, 0) is 24.2 Å². The Morgan fingerprint density at radius 3 is 3.05 bits per heavy atom. The summed E-state index contributed by atoms with van der Waals surface area (Å²) in [6, 6.07) is -0.949. The van der Waals surface area contributed by atoms with E-state index >= 15 is 0 Å². The van der Waals surface area contributed by atoms with Crippen molar-refractivity contribution in [1.82, 2.24) is 20.0 Å². The molecule has 0 fully saturated rings. The predicted molar refractivity (Wildman–Crippen MR) is 74.5 cm³/mol. The monoisotopic (exact) mass is 295 g/mol. The van der Waals surface area contributed by atoms with Crippen LogP contribution in [-0.4, -0.2) is 37.1 Å². The molecule has 1 atom stereocenters. The number of aryl methyl sites for hydroxylation is 1. The van der Waals surface area contributed by atoms with Crippen LogP contribution in [0.1, 0.15) is 29.7 Å². The molecule has 0 aromatic carbocycles. The molecule has 2 heterocycles. The Morgan fingerprint density at radius 1 is 1.55 bits per heavy atom. The van der Waals surface area contributed by atoms with E-state index in [1.165, 1.54) is 0 Å². The average molecular weight is 295 g/mol. The lowest BCUT2D eigenvalue weighted by Gasteiger charge is -2.01. The van der Waals surface area contributed by atoms with Crippen molar-refractivity contribution in [2.75, 3.05) is 0 Å². The zero-order valence-corrected chi connectivity index (χ0v) is 12.0. The van der Waals surface area contributed by atoms with Crippen LogP contribution in [0.5, 0.6) is 0 Å². The summed E-state index contributed by atoms with van der Waals surface area (Å²) >= 11 is 1.64. The van der Waals surface area contributed by atoms with E-state index in [9.17, 15) is 4.79 Å². The number of rotatable bonds is 7. The number of carbonyl (C=O) groups is 1. The number of carboxylic acids is 1. The number of nitrogens with two attached hydrogens (primary N) is 1. The van der Waals surface area contributed by atoms with E-state index < -0.39 is 12.0 Å². The van der Waals surface area contributed by atoms with Gasteiger partial charge in [-0.3, -0.25) is 4.79 Å². The molecular weight excluding hydrogens is 278 g/mol. The second kappa shape index (κ2) is 6.58. The molecule has 0 bridgehead atoms. The first-order chi connectivity index (χ1) is 9.58. The smallest absolute Gasteiger partial charge is 0.320 e. The SMILES string of the molecule is CCCc1nc(Cn2cc(CC(N)C(=O)O)nn2)cs1. The first-order valence-corrected chi connectivity index (χ1v) is 7.27. The lowest BCUT2D eigenvalue weighted by atomic mass is 10.2. The van der Waals surface area contributed by atoms with Crippen LogP contribution in [0.25, 0.3) is 0 Å². The van der Waals surface area contributed by atoms with Crippen molar-refractivity contribution in [2.24, 2.45) is 5.73 Å². The number of aliphatic carboxylic acids is 1. The molecule has 108 valence electrons. The number of hydrogen-bond acceptors (Lipinski definition) is 6. The maximum atomic E-state index is 10.7. The summed E-state index contributed by atoms with van der Waals surface area (Å²) in [4.78, 5) is 15.2. The van der Waals surface area contributed by atoms with E-state index in [4.69, 9.17) is 10.8 Å². The van der Waals surface area contributed by atoms with Gasteiger partial charge >= 0.3 is 5.97 Å². The van der Waals surface area contributed by atoms with Gasteiger partial charge in [-0.1, -0.05) is 12.1 Å². The minimum Gasteiger partial charge on any atom is -0.480 e. The van der Waals surface area contributed by atoms with Gasteiger partial charge in [0.25, 0.3) is 0 Å². The van der Waals surface area contributed by atoms with E-state index in [0.717, 1.165) is 23.5 Å². The van der Waals surface area contributed by atoms with Crippen molar-refractivity contribution in [3.63, 3.8) is 0 Å². The van der Waals surface area contributed by atoms with Gasteiger partial charge < -0.3 is 10.8 Å². The van der Waals surface area contributed by atoms with E-state index in [0.29, 0.717) is 12.2 Å². The zero-order chi connectivity index (χ0) is 14.5. The molecule has 2 rings (SSSR count). The predicted octanol–water partition coefficient (Wildman–Crippen LogP) is 0.690. The third kappa shape index (κ3) is 3.84. The Morgan fingerprint density at radius 2 is 2.35 bits per heavy atom. The third-order valence-corrected chi connectivity index (χ3v) is 3.68. The summed E-state index contributed by atoms with van der Waals surface area (Å²) in [5.41, 5.74) is 6.97. The quantitative estimate of drug-likeness (QED) is 0.778. The molecule has 1 unspecified atom stereocenters. The highest BCUT2D eigenvalue weighted by Crippen LogP contribution is 2.12. The van der Waals surface area contributed by atoms with Crippen LogP contribution >= 0.6 is 11.3 Å². The first kappa shape index (κ1) is 14.6. The van der Waals surface area contributed by atoms with Gasteiger partial charge in [-0.25, -0.2) is 9.67 Å². The minimum atomic E-state index is -1.04. The van der Waals surface area contributed by atoms with Gasteiger partial charge in [0.2, 0.25) is 0 Å². The fourth-order valence-corrected chi connectivity index (χ4v) is 2.63. The molecule has 20 heavy (non-hydrogen) atoms. The van der Waals surface area contributed by atoms with Crippen molar-refractivity contribution in [2.45, 2.75) is 38.8 Å². The van der Waals surface area contributed by atoms with E-state index in [2.05, 4.69) is 22.2 Å². The van der Waals surface area contributed by atoms with Gasteiger partial charge in [-0.2, -0.15) is 0 Å². The van der Waals surface area contributed by atoms with E-state index in [-0.39, 0.29) is 6.42 Å². The summed E-state index contributed by atoms with van der Waals surface area (Å²) in [5.74, 6) is -1.04. The van der Waals surface area contributed by atoms with Crippen molar-refractivity contribution < 1.29 is 9.90 Å². The second-order valence-corrected chi connectivity index (χ2v) is 5.48. The van der Waals surface area contributed by atoms with Crippen LogP contribution in [0.15, 0.2) is 11.6 Å². The van der Waals surface area contributed by atoms with Crippen LogP contribution in [0.3, 0.4) is 0 Å². The number of thiazole rings is 1. The summed E-state index contributed by atoms with van der Waals surface area (Å²) < 4.78 is 1.65. The summed E-state index contributed by atoms with van der Waals surface area (Å²) in [6.45, 7) is 2.66. The molecule has 0 saturated heterocycles. The Hall–Kier alpha value is -1.80. The van der Waals surface area contributed by atoms with Gasteiger partial charge in [-0.15, -0.1) is 16.4 Å². The normalized spacial score (nSPS) is 12.5. The first-order valence-electron chi connectivity index (χ1n) is 6.39. The Balaban J connectivity index is 1.96.